The third-order valence-corrected chi connectivity index (χ3v) is 7.97. The van der Waals surface area contributed by atoms with E-state index in [1.165, 1.54) is 5.56 Å². The Morgan fingerprint density at radius 3 is 2.55 bits per heavy atom. The molecular weight excluding hydrogens is 412 g/mol. The molecule has 170 valence electrons. The lowest BCUT2D eigenvalue weighted by Crippen LogP contribution is -2.56. The van der Waals surface area contributed by atoms with Crippen molar-refractivity contribution >= 4 is 17.5 Å². The van der Waals surface area contributed by atoms with Crippen LogP contribution in [0.1, 0.15) is 48.3 Å². The maximum atomic E-state index is 14.1. The Labute approximate surface area is 194 Å². The van der Waals surface area contributed by atoms with E-state index in [4.69, 9.17) is 4.74 Å². The van der Waals surface area contributed by atoms with Crippen molar-refractivity contribution in [2.24, 2.45) is 5.92 Å². The molecule has 5 nitrogen and oxygen atoms in total. The third-order valence-electron chi connectivity index (χ3n) is 7.97. The highest BCUT2D eigenvalue weighted by Crippen LogP contribution is 2.59. The zero-order valence-electron chi connectivity index (χ0n) is 19.2. The zero-order chi connectivity index (χ0) is 22.7. The van der Waals surface area contributed by atoms with E-state index in [9.17, 15) is 9.59 Å². The van der Waals surface area contributed by atoms with Gasteiger partial charge in [-0.2, -0.15) is 0 Å². The van der Waals surface area contributed by atoms with Crippen LogP contribution in [-0.2, 0) is 14.3 Å². The molecule has 2 aromatic carbocycles. The molecule has 1 spiro atoms. The number of rotatable bonds is 4. The normalized spacial score (nSPS) is 32.5. The molecule has 6 rings (SSSR count). The number of ether oxygens (including phenoxy) is 1. The fourth-order valence-electron chi connectivity index (χ4n) is 6.45. The lowest BCUT2D eigenvalue weighted by Gasteiger charge is -2.33. The van der Waals surface area contributed by atoms with Crippen molar-refractivity contribution in [2.45, 2.75) is 69.2 Å². The highest BCUT2D eigenvalue weighted by atomic mass is 16.5. The summed E-state index contributed by atoms with van der Waals surface area (Å²) in [5.41, 5.74) is 3.15. The maximum Gasteiger partial charge on any atom is 0.246 e. The number of fused-ring (bicyclic) bond motifs is 1. The molecule has 5 heteroatoms. The van der Waals surface area contributed by atoms with Gasteiger partial charge in [-0.15, -0.1) is 0 Å². The first-order valence-corrected chi connectivity index (χ1v) is 12.1. The highest BCUT2D eigenvalue weighted by molar-refractivity contribution is 6.09. The van der Waals surface area contributed by atoms with E-state index in [0.29, 0.717) is 0 Å². The molecule has 4 aliphatic rings. The van der Waals surface area contributed by atoms with Crippen LogP contribution in [0.25, 0.3) is 0 Å². The van der Waals surface area contributed by atoms with Gasteiger partial charge < -0.3 is 10.1 Å². The maximum absolute atomic E-state index is 14.1. The zero-order valence-corrected chi connectivity index (χ0v) is 19.2. The van der Waals surface area contributed by atoms with E-state index >= 15 is 0 Å². The summed E-state index contributed by atoms with van der Waals surface area (Å²) in [7, 11) is 0. The molecule has 0 radical (unpaired) electrons. The number of nitrogens with zero attached hydrogens (tertiary/aromatic N) is 1. The Hall–Kier alpha value is -2.92. The molecule has 3 heterocycles. The highest BCUT2D eigenvalue weighted by Gasteiger charge is 2.71. The number of hydrogen-bond acceptors (Lipinski definition) is 3. The Kier molecular flexibility index (Phi) is 4.73. The molecule has 3 aliphatic heterocycles. The average Bonchev–Trinajstić information content (AvgIpc) is 3.56. The molecule has 2 bridgehead atoms. The lowest BCUT2D eigenvalue weighted by molar-refractivity contribution is -0.127. The van der Waals surface area contributed by atoms with Gasteiger partial charge in [-0.1, -0.05) is 67.0 Å². The Bertz CT molecular complexity index is 1130. The molecule has 2 aromatic rings. The molecule has 2 amide bonds. The Balaban J connectivity index is 1.45. The smallest absolute Gasteiger partial charge is 0.246 e. The minimum Gasteiger partial charge on any atom is -0.359 e. The molecular formula is C28H30N2O3. The average molecular weight is 443 g/mol. The lowest BCUT2D eigenvalue weighted by atomic mass is 9.72. The summed E-state index contributed by atoms with van der Waals surface area (Å²) in [4.78, 5) is 29.6. The summed E-state index contributed by atoms with van der Waals surface area (Å²) in [6.45, 7) is 4.07. The van der Waals surface area contributed by atoms with Crippen molar-refractivity contribution in [3.63, 3.8) is 0 Å². The second-order valence-electron chi connectivity index (χ2n) is 10.1. The van der Waals surface area contributed by atoms with Crippen LogP contribution in [0.15, 0.2) is 60.7 Å². The minimum atomic E-state index is -0.941. The van der Waals surface area contributed by atoms with Gasteiger partial charge >= 0.3 is 0 Å². The molecule has 1 N–H and O–H groups in total. The van der Waals surface area contributed by atoms with Crippen LogP contribution in [0.4, 0.5) is 5.69 Å². The quantitative estimate of drug-likeness (QED) is 0.723. The van der Waals surface area contributed by atoms with Crippen molar-refractivity contribution in [1.82, 2.24) is 5.32 Å². The number of nitrogens with one attached hydrogen (secondary N) is 1. The standard InChI is InChI=1S/C28H30N2O3/c1-17-10-12-19(13-11-17)23-22-14-15-28(33-22)24(23)27(32)30(21-9-5-6-18(2)16-21)25(28)26(31)29-20-7-3-4-8-20/h5-6,9-16,20,22-25H,3-4,7-8H2,1-2H3,(H,29,31)/t22-,23-,24-,25+,28-/m0/s1. The van der Waals surface area contributed by atoms with Gasteiger partial charge in [0.2, 0.25) is 11.8 Å². The number of carbonyl (C=O) groups excluding carboxylic acids is 2. The topological polar surface area (TPSA) is 58.6 Å². The first-order valence-electron chi connectivity index (χ1n) is 12.1. The predicted molar refractivity (Wildman–Crippen MR) is 127 cm³/mol. The summed E-state index contributed by atoms with van der Waals surface area (Å²) in [6.07, 6.45) is 8.14. The van der Waals surface area contributed by atoms with Crippen LogP contribution in [0, 0.1) is 19.8 Å². The van der Waals surface area contributed by atoms with Gasteiger partial charge in [0.25, 0.3) is 0 Å². The van der Waals surface area contributed by atoms with E-state index in [0.717, 1.165) is 42.5 Å². The monoisotopic (exact) mass is 442 g/mol. The van der Waals surface area contributed by atoms with Gasteiger partial charge in [0.15, 0.2) is 0 Å². The molecule has 0 unspecified atom stereocenters. The first kappa shape index (κ1) is 20.7. The van der Waals surface area contributed by atoms with Gasteiger partial charge in [-0.3, -0.25) is 14.5 Å². The van der Waals surface area contributed by atoms with Crippen LogP contribution in [0.5, 0.6) is 0 Å². The number of carbonyl (C=O) groups is 2. The van der Waals surface area contributed by atoms with Gasteiger partial charge in [-0.25, -0.2) is 0 Å². The van der Waals surface area contributed by atoms with Crippen LogP contribution >= 0.6 is 0 Å². The summed E-state index contributed by atoms with van der Waals surface area (Å²) >= 11 is 0. The van der Waals surface area contributed by atoms with Crippen LogP contribution in [0.2, 0.25) is 0 Å². The van der Waals surface area contributed by atoms with Crippen LogP contribution in [-0.4, -0.2) is 35.6 Å². The molecule has 1 aliphatic carbocycles. The summed E-state index contributed by atoms with van der Waals surface area (Å²) in [5, 5.41) is 3.26. The number of anilines is 1. The third kappa shape index (κ3) is 3.09. The van der Waals surface area contributed by atoms with E-state index < -0.39 is 17.6 Å². The number of aryl methyl sites for hydroxylation is 2. The fourth-order valence-corrected chi connectivity index (χ4v) is 6.45. The number of amides is 2. The summed E-state index contributed by atoms with van der Waals surface area (Å²) < 4.78 is 6.60. The second kappa shape index (κ2) is 7.56. The van der Waals surface area contributed by atoms with Crippen molar-refractivity contribution < 1.29 is 14.3 Å². The molecule has 33 heavy (non-hydrogen) atoms. The second-order valence-corrected chi connectivity index (χ2v) is 10.1. The predicted octanol–water partition coefficient (Wildman–Crippen LogP) is 4.18. The van der Waals surface area contributed by atoms with E-state index in [2.05, 4.69) is 42.6 Å². The SMILES string of the molecule is Cc1ccc([C@H]2[C@@H]3C=C[C@]4(O3)[C@@H]2C(=O)N(c2cccc(C)c2)[C@@H]4C(=O)NC2CCCC2)cc1. The number of hydrogen-bond donors (Lipinski definition) is 1. The van der Waals surface area contributed by atoms with Crippen molar-refractivity contribution in [2.75, 3.05) is 4.90 Å². The van der Waals surface area contributed by atoms with Crippen molar-refractivity contribution in [1.29, 1.82) is 0 Å². The van der Waals surface area contributed by atoms with E-state index in [1.807, 2.05) is 37.3 Å². The number of benzene rings is 2. The molecule has 0 aromatic heterocycles. The Morgan fingerprint density at radius 2 is 1.82 bits per heavy atom. The molecule has 1 saturated carbocycles. The van der Waals surface area contributed by atoms with Crippen LogP contribution < -0.4 is 10.2 Å². The Morgan fingerprint density at radius 1 is 1.06 bits per heavy atom. The van der Waals surface area contributed by atoms with E-state index in [1.54, 1.807) is 4.90 Å². The molecule has 2 saturated heterocycles. The summed E-state index contributed by atoms with van der Waals surface area (Å²) in [5.74, 6) is -0.645. The van der Waals surface area contributed by atoms with E-state index in [-0.39, 0.29) is 29.9 Å². The van der Waals surface area contributed by atoms with Gasteiger partial charge in [-0.05, 0) is 49.9 Å². The fraction of sp³-hybridized carbons (Fsp3) is 0.429. The molecule has 5 atom stereocenters. The van der Waals surface area contributed by atoms with Gasteiger partial charge in [0.1, 0.15) is 11.6 Å². The largest absolute Gasteiger partial charge is 0.359 e. The van der Waals surface area contributed by atoms with Crippen molar-refractivity contribution in [3.8, 4) is 0 Å². The summed E-state index contributed by atoms with van der Waals surface area (Å²) in [6, 6.07) is 15.7. The van der Waals surface area contributed by atoms with Crippen LogP contribution in [0.3, 0.4) is 0 Å². The minimum absolute atomic E-state index is 0.0235. The molecule has 3 fully saturated rings. The van der Waals surface area contributed by atoms with Gasteiger partial charge in [0.05, 0.1) is 12.0 Å². The van der Waals surface area contributed by atoms with Crippen molar-refractivity contribution in [3.05, 3.63) is 77.4 Å². The first-order chi connectivity index (χ1) is 16.0. The van der Waals surface area contributed by atoms with Gasteiger partial charge in [0, 0.05) is 17.6 Å².